The van der Waals surface area contributed by atoms with Gasteiger partial charge in [0.05, 0.1) is 5.69 Å². The lowest BCUT2D eigenvalue weighted by Gasteiger charge is -2.38. The molecule has 1 aromatic heterocycles. The molecule has 0 saturated heterocycles. The van der Waals surface area contributed by atoms with Crippen molar-refractivity contribution in [3.63, 3.8) is 0 Å². The number of amides is 1. The monoisotopic (exact) mass is 499 g/mol. The highest BCUT2D eigenvalue weighted by atomic mass is 32.2. The summed E-state index contributed by atoms with van der Waals surface area (Å²) in [5, 5.41) is 10.8. The average Bonchev–Trinajstić information content (AvgIpc) is 3.41. The number of aromatic hydroxyl groups is 1. The first-order chi connectivity index (χ1) is 17.5. The van der Waals surface area contributed by atoms with E-state index in [9.17, 15) is 14.7 Å². The van der Waals surface area contributed by atoms with Crippen LogP contribution >= 0.6 is 11.8 Å². The third kappa shape index (κ3) is 3.18. The number of hydrogen-bond donors (Lipinski definition) is 2. The van der Waals surface area contributed by atoms with Crippen molar-refractivity contribution in [1.82, 2.24) is 9.58 Å². The van der Waals surface area contributed by atoms with Crippen LogP contribution in [0.1, 0.15) is 58.9 Å². The van der Waals surface area contributed by atoms with E-state index in [-0.39, 0.29) is 17.6 Å². The van der Waals surface area contributed by atoms with Crippen molar-refractivity contribution in [3.8, 4) is 17.0 Å². The maximum atomic E-state index is 13.7. The number of aromatic nitrogens is 1. The zero-order valence-electron chi connectivity index (χ0n) is 20.3. The first kappa shape index (κ1) is 22.0. The minimum absolute atomic E-state index is 0.0598. The fourth-order valence-electron chi connectivity index (χ4n) is 6.82. The lowest BCUT2D eigenvalue weighted by molar-refractivity contribution is 0.0606. The number of nitrogens with zero attached hydrogens (tertiary/aromatic N) is 2. The summed E-state index contributed by atoms with van der Waals surface area (Å²) in [5.74, 6) is 1.40. The van der Waals surface area contributed by atoms with Crippen LogP contribution in [0, 0.1) is 11.8 Å². The highest BCUT2D eigenvalue weighted by Crippen LogP contribution is 2.51. The molecular formula is C29H29N3O3S. The van der Waals surface area contributed by atoms with Gasteiger partial charge < -0.3 is 15.4 Å². The molecule has 0 spiro atoms. The Morgan fingerprint density at radius 2 is 1.92 bits per heavy atom. The van der Waals surface area contributed by atoms with E-state index in [1.807, 2.05) is 16.7 Å². The molecule has 36 heavy (non-hydrogen) atoms. The van der Waals surface area contributed by atoms with Gasteiger partial charge >= 0.3 is 0 Å². The molecule has 7 heteroatoms. The van der Waals surface area contributed by atoms with Crippen LogP contribution in [0.25, 0.3) is 11.3 Å². The van der Waals surface area contributed by atoms with Crippen LogP contribution in [-0.2, 0) is 18.6 Å². The molecule has 1 unspecified atom stereocenters. The molecule has 2 aromatic carbocycles. The predicted molar refractivity (Wildman–Crippen MR) is 141 cm³/mol. The normalized spacial score (nSPS) is 23.8. The number of hydrogen-bond acceptors (Lipinski definition) is 5. The van der Waals surface area contributed by atoms with Gasteiger partial charge in [-0.2, -0.15) is 0 Å². The molecule has 3 heterocycles. The summed E-state index contributed by atoms with van der Waals surface area (Å²) in [6.45, 7) is 2.55. The van der Waals surface area contributed by atoms with Gasteiger partial charge in [-0.1, -0.05) is 37.3 Å². The van der Waals surface area contributed by atoms with Crippen molar-refractivity contribution in [1.29, 1.82) is 0 Å². The minimum Gasteiger partial charge on any atom is -0.502 e. The van der Waals surface area contributed by atoms with E-state index in [4.69, 9.17) is 0 Å². The van der Waals surface area contributed by atoms with Crippen molar-refractivity contribution in [3.05, 3.63) is 80.6 Å². The van der Waals surface area contributed by atoms with Crippen molar-refractivity contribution in [2.45, 2.75) is 55.7 Å². The molecule has 0 radical (unpaired) electrons. The van der Waals surface area contributed by atoms with Gasteiger partial charge in [0.2, 0.25) is 5.43 Å². The smallest absolute Gasteiger partial charge is 0.278 e. The van der Waals surface area contributed by atoms with Gasteiger partial charge in [-0.25, -0.2) is 4.68 Å². The Kier molecular flexibility index (Phi) is 5.00. The zero-order chi connectivity index (χ0) is 24.6. The number of pyridine rings is 1. The van der Waals surface area contributed by atoms with E-state index in [0.29, 0.717) is 24.2 Å². The second-order valence-electron chi connectivity index (χ2n) is 10.6. The lowest BCUT2D eigenvalue weighted by Crippen LogP contribution is -2.52. The van der Waals surface area contributed by atoms with E-state index in [1.165, 1.54) is 46.1 Å². The molecule has 1 atom stereocenters. The Labute approximate surface area is 214 Å². The molecule has 5 aliphatic rings. The lowest BCUT2D eigenvalue weighted by atomic mass is 9.84. The molecule has 184 valence electrons. The molecule has 3 fully saturated rings. The Bertz CT molecular complexity index is 1470. The highest BCUT2D eigenvalue weighted by Gasteiger charge is 2.49. The van der Waals surface area contributed by atoms with Crippen molar-refractivity contribution >= 4 is 17.7 Å². The Balaban J connectivity index is 1.39. The summed E-state index contributed by atoms with van der Waals surface area (Å²) >= 11 is 1.85. The number of aryl methyl sites for hydroxylation is 1. The summed E-state index contributed by atoms with van der Waals surface area (Å²) in [6, 6.07) is 14.4. The number of rotatable bonds is 3. The quantitative estimate of drug-likeness (QED) is 0.545. The predicted octanol–water partition coefficient (Wildman–Crippen LogP) is 4.74. The van der Waals surface area contributed by atoms with Gasteiger partial charge in [-0.3, -0.25) is 9.59 Å². The fraction of sp³-hybridized carbons (Fsp3) is 0.379. The van der Waals surface area contributed by atoms with Crippen molar-refractivity contribution < 1.29 is 9.90 Å². The van der Waals surface area contributed by atoms with Crippen molar-refractivity contribution in [2.75, 3.05) is 12.1 Å². The summed E-state index contributed by atoms with van der Waals surface area (Å²) in [7, 11) is 0. The Morgan fingerprint density at radius 3 is 2.69 bits per heavy atom. The standard InChI is InChI=1S/C29H29N3O3S/c1-2-17-7-8-20(21-12-18-5-3-4-6-26(18)36-14-22(17)21)24-13-25(33)28(34)27-29(35)31(15-30-32(24)27)23-11-16-9-19(23)10-16/h3-8,13,16,19,23,30,34H,2,9-12,14-15H2,1H3. The second-order valence-corrected chi connectivity index (χ2v) is 11.6. The van der Waals surface area contributed by atoms with Gasteiger partial charge in [0.1, 0.15) is 6.67 Å². The van der Waals surface area contributed by atoms with Crippen LogP contribution in [-0.4, -0.2) is 33.3 Å². The van der Waals surface area contributed by atoms with E-state index >= 15 is 0 Å². The molecule has 2 N–H and O–H groups in total. The maximum absolute atomic E-state index is 13.7. The summed E-state index contributed by atoms with van der Waals surface area (Å²) < 4.78 is 1.67. The number of thioether (sulfide) groups is 1. The van der Waals surface area contributed by atoms with Crippen LogP contribution in [0.3, 0.4) is 0 Å². The Hall–Kier alpha value is -3.19. The molecule has 3 saturated carbocycles. The largest absolute Gasteiger partial charge is 0.502 e. The fourth-order valence-corrected chi connectivity index (χ4v) is 7.98. The minimum atomic E-state index is -0.513. The van der Waals surface area contributed by atoms with Gasteiger partial charge in [-0.05, 0) is 72.3 Å². The van der Waals surface area contributed by atoms with Gasteiger partial charge in [0, 0.05) is 28.3 Å². The van der Waals surface area contributed by atoms with Crippen molar-refractivity contribution in [2.24, 2.45) is 11.8 Å². The number of carbonyl (C=O) groups is 1. The molecular weight excluding hydrogens is 470 g/mol. The van der Waals surface area contributed by atoms with E-state index in [0.717, 1.165) is 30.6 Å². The van der Waals surface area contributed by atoms with E-state index in [2.05, 4.69) is 48.7 Å². The zero-order valence-corrected chi connectivity index (χ0v) is 21.1. The number of fused-ring (bicyclic) bond motifs is 4. The van der Waals surface area contributed by atoms with Gasteiger partial charge in [-0.15, -0.1) is 11.8 Å². The first-order valence-corrected chi connectivity index (χ1v) is 13.9. The third-order valence-electron chi connectivity index (χ3n) is 8.74. The molecule has 8 rings (SSSR count). The van der Waals surface area contributed by atoms with Gasteiger partial charge in [0.15, 0.2) is 11.4 Å². The summed E-state index contributed by atoms with van der Waals surface area (Å²) in [5.41, 5.74) is 9.59. The Morgan fingerprint density at radius 1 is 1.08 bits per heavy atom. The van der Waals surface area contributed by atoms with Crippen LogP contribution in [0.4, 0.5) is 0 Å². The maximum Gasteiger partial charge on any atom is 0.278 e. The number of benzene rings is 2. The van der Waals surface area contributed by atoms with Crippen LogP contribution in [0.5, 0.6) is 5.75 Å². The number of carbonyl (C=O) groups excluding carboxylic acids is 1. The van der Waals surface area contributed by atoms with Crippen LogP contribution in [0.2, 0.25) is 0 Å². The summed E-state index contributed by atoms with van der Waals surface area (Å²) in [4.78, 5) is 29.8. The second kappa shape index (κ2) is 8.17. The molecule has 3 aromatic rings. The molecule has 2 aliphatic heterocycles. The molecule has 1 amide bonds. The van der Waals surface area contributed by atoms with E-state index < -0.39 is 11.2 Å². The molecule has 3 aliphatic carbocycles. The molecule has 2 bridgehead atoms. The summed E-state index contributed by atoms with van der Waals surface area (Å²) in [6.07, 6.45) is 5.08. The third-order valence-corrected chi connectivity index (χ3v) is 9.88. The SMILES string of the molecule is CCc1ccc(-c2cc(=O)c(O)c3n2NCN(C2CC4CC2C4)C3=O)c2c1CSc1ccccc1C2. The van der Waals surface area contributed by atoms with E-state index in [1.54, 1.807) is 4.68 Å². The van der Waals surface area contributed by atoms with Gasteiger partial charge in [0.25, 0.3) is 5.91 Å². The highest BCUT2D eigenvalue weighted by molar-refractivity contribution is 7.98. The molecule has 6 nitrogen and oxygen atoms in total. The first-order valence-electron chi connectivity index (χ1n) is 12.9. The van der Waals surface area contributed by atoms with Crippen LogP contribution < -0.4 is 10.9 Å². The topological polar surface area (TPSA) is 74.6 Å². The van der Waals surface area contributed by atoms with Crippen LogP contribution in [0.15, 0.2) is 52.2 Å². The average molecular weight is 500 g/mol. The number of nitrogens with one attached hydrogen (secondary N) is 1.